The van der Waals surface area contributed by atoms with Crippen LogP contribution in [0.3, 0.4) is 0 Å². The Labute approximate surface area is 135 Å². The second-order valence-electron chi connectivity index (χ2n) is 6.01. The zero-order valence-electron chi connectivity index (χ0n) is 14.0. The Morgan fingerprint density at radius 2 is 1.71 bits per heavy atom. The number of benzene rings is 1. The predicted molar refractivity (Wildman–Crippen MR) is 92.9 cm³/mol. The molecule has 1 rings (SSSR count). The van der Waals surface area contributed by atoms with Crippen molar-refractivity contribution in [2.24, 2.45) is 5.73 Å². The predicted octanol–water partition coefficient (Wildman–Crippen LogP) is 3.39. The molecule has 0 heterocycles. The van der Waals surface area contributed by atoms with Crippen LogP contribution < -0.4 is 5.73 Å². The highest BCUT2D eigenvalue weighted by Gasteiger charge is 2.28. The molecule has 4 heteroatoms. The summed E-state index contributed by atoms with van der Waals surface area (Å²) in [6.07, 6.45) is 0.957. The zero-order valence-corrected chi connectivity index (χ0v) is 14.8. The smallest absolute Gasteiger partial charge is 0.0502 e. The molecule has 0 fully saturated rings. The average Bonchev–Trinajstić information content (AvgIpc) is 2.44. The van der Waals surface area contributed by atoms with Crippen LogP contribution in [0.1, 0.15) is 38.8 Å². The van der Waals surface area contributed by atoms with Crippen molar-refractivity contribution in [3.63, 3.8) is 0 Å². The third-order valence-corrected chi connectivity index (χ3v) is 4.26. The molecule has 120 valence electrons. The van der Waals surface area contributed by atoms with Gasteiger partial charge in [-0.3, -0.25) is 4.90 Å². The van der Waals surface area contributed by atoms with Crippen molar-refractivity contribution in [1.29, 1.82) is 0 Å². The van der Waals surface area contributed by atoms with Gasteiger partial charge in [-0.05, 0) is 51.7 Å². The van der Waals surface area contributed by atoms with E-state index < -0.39 is 0 Å². The molecule has 0 saturated carbocycles. The molecule has 0 aliphatic rings. The van der Waals surface area contributed by atoms with Crippen LogP contribution in [0.15, 0.2) is 24.3 Å². The lowest BCUT2D eigenvalue weighted by Crippen LogP contribution is -2.48. The molecule has 0 amide bonds. The third-order valence-electron chi connectivity index (χ3n) is 4.01. The summed E-state index contributed by atoms with van der Waals surface area (Å²) in [6, 6.07) is 8.92. The highest BCUT2D eigenvalue weighted by Crippen LogP contribution is 2.28. The Balaban J connectivity index is 3.06. The average molecular weight is 312 g/mol. The van der Waals surface area contributed by atoms with Crippen LogP contribution in [-0.2, 0) is 0 Å². The van der Waals surface area contributed by atoms with Crippen LogP contribution in [0.5, 0.6) is 0 Å². The molecule has 3 unspecified atom stereocenters. The largest absolute Gasteiger partial charge is 0.326 e. The lowest BCUT2D eigenvalue weighted by Gasteiger charge is -2.40. The molecule has 0 radical (unpaired) electrons. The highest BCUT2D eigenvalue weighted by atomic mass is 35.5. The molecule has 0 saturated heterocycles. The number of halogens is 1. The van der Waals surface area contributed by atoms with Crippen molar-refractivity contribution in [2.75, 3.05) is 27.2 Å². The van der Waals surface area contributed by atoms with Gasteiger partial charge in [-0.1, -0.05) is 37.6 Å². The van der Waals surface area contributed by atoms with Gasteiger partial charge in [0.2, 0.25) is 0 Å². The summed E-state index contributed by atoms with van der Waals surface area (Å²) in [5.41, 5.74) is 7.70. The van der Waals surface area contributed by atoms with Crippen molar-refractivity contribution in [3.8, 4) is 0 Å². The standard InChI is InChI=1S/C17H30ClN3/c1-6-16(19)17(14-8-10-15(18)11-9-14)21(7-2)13(3)12-20(4)5/h8-11,13,16-17H,6-7,12,19H2,1-5H3. The van der Waals surface area contributed by atoms with Gasteiger partial charge in [0, 0.05) is 23.7 Å². The number of rotatable bonds is 8. The molecule has 0 aliphatic carbocycles. The fourth-order valence-electron chi connectivity index (χ4n) is 2.98. The summed E-state index contributed by atoms with van der Waals surface area (Å²) in [5, 5.41) is 0.770. The summed E-state index contributed by atoms with van der Waals surface area (Å²) in [6.45, 7) is 8.63. The van der Waals surface area contributed by atoms with Crippen LogP contribution in [0.4, 0.5) is 0 Å². The molecular weight excluding hydrogens is 282 g/mol. The van der Waals surface area contributed by atoms with Gasteiger partial charge in [-0.2, -0.15) is 0 Å². The number of hydrogen-bond acceptors (Lipinski definition) is 3. The topological polar surface area (TPSA) is 32.5 Å². The van der Waals surface area contributed by atoms with Crippen molar-refractivity contribution in [2.45, 2.75) is 45.3 Å². The van der Waals surface area contributed by atoms with E-state index >= 15 is 0 Å². The van der Waals surface area contributed by atoms with Crippen molar-refractivity contribution in [1.82, 2.24) is 9.80 Å². The first-order chi connectivity index (χ1) is 9.90. The lowest BCUT2D eigenvalue weighted by molar-refractivity contribution is 0.109. The minimum atomic E-state index is 0.121. The zero-order chi connectivity index (χ0) is 16.0. The van der Waals surface area contributed by atoms with E-state index in [0.29, 0.717) is 6.04 Å². The summed E-state index contributed by atoms with van der Waals surface area (Å²) < 4.78 is 0. The van der Waals surface area contributed by atoms with Crippen LogP contribution in [0, 0.1) is 0 Å². The molecular formula is C17H30ClN3. The van der Waals surface area contributed by atoms with Crippen LogP contribution in [-0.4, -0.2) is 49.1 Å². The fourth-order valence-corrected chi connectivity index (χ4v) is 3.11. The van der Waals surface area contributed by atoms with Gasteiger partial charge in [0.05, 0.1) is 6.04 Å². The van der Waals surface area contributed by atoms with Crippen molar-refractivity contribution >= 4 is 11.6 Å². The van der Waals surface area contributed by atoms with E-state index in [-0.39, 0.29) is 12.1 Å². The fraction of sp³-hybridized carbons (Fsp3) is 0.647. The maximum Gasteiger partial charge on any atom is 0.0502 e. The second-order valence-corrected chi connectivity index (χ2v) is 6.45. The summed E-state index contributed by atoms with van der Waals surface area (Å²) >= 11 is 6.02. The first-order valence-electron chi connectivity index (χ1n) is 7.82. The Morgan fingerprint density at radius 1 is 1.14 bits per heavy atom. The maximum absolute atomic E-state index is 6.44. The molecule has 1 aromatic carbocycles. The van der Waals surface area contributed by atoms with Crippen LogP contribution in [0.2, 0.25) is 5.02 Å². The molecule has 0 aromatic heterocycles. The van der Waals surface area contributed by atoms with E-state index in [9.17, 15) is 0 Å². The lowest BCUT2D eigenvalue weighted by atomic mass is 9.95. The minimum absolute atomic E-state index is 0.121. The first-order valence-corrected chi connectivity index (χ1v) is 8.19. The Morgan fingerprint density at radius 3 is 2.14 bits per heavy atom. The van der Waals surface area contributed by atoms with Gasteiger partial charge < -0.3 is 10.6 Å². The Kier molecular flexibility index (Phi) is 7.67. The molecule has 3 atom stereocenters. The number of hydrogen-bond donors (Lipinski definition) is 1. The number of nitrogens with two attached hydrogens (primary N) is 1. The van der Waals surface area contributed by atoms with E-state index in [1.54, 1.807) is 0 Å². The van der Waals surface area contributed by atoms with Crippen molar-refractivity contribution < 1.29 is 0 Å². The van der Waals surface area contributed by atoms with Crippen LogP contribution in [0.25, 0.3) is 0 Å². The van der Waals surface area contributed by atoms with Crippen molar-refractivity contribution in [3.05, 3.63) is 34.9 Å². The Bertz CT molecular complexity index is 405. The van der Waals surface area contributed by atoms with E-state index in [0.717, 1.165) is 24.5 Å². The summed E-state index contributed by atoms with van der Waals surface area (Å²) in [4.78, 5) is 4.72. The van der Waals surface area contributed by atoms with Gasteiger partial charge in [-0.15, -0.1) is 0 Å². The molecule has 2 N–H and O–H groups in total. The highest BCUT2D eigenvalue weighted by molar-refractivity contribution is 6.30. The normalized spacial score (nSPS) is 16.2. The molecule has 0 spiro atoms. The summed E-state index contributed by atoms with van der Waals surface area (Å²) in [7, 11) is 4.22. The molecule has 0 bridgehead atoms. The quantitative estimate of drug-likeness (QED) is 0.798. The van der Waals surface area contributed by atoms with E-state index in [2.05, 4.69) is 56.8 Å². The van der Waals surface area contributed by atoms with Crippen LogP contribution >= 0.6 is 11.6 Å². The molecule has 21 heavy (non-hydrogen) atoms. The minimum Gasteiger partial charge on any atom is -0.326 e. The van der Waals surface area contributed by atoms with Gasteiger partial charge in [0.15, 0.2) is 0 Å². The molecule has 0 aliphatic heterocycles. The van der Waals surface area contributed by atoms with E-state index in [4.69, 9.17) is 17.3 Å². The Hall–Kier alpha value is -0.610. The summed E-state index contributed by atoms with van der Waals surface area (Å²) in [5.74, 6) is 0. The van der Waals surface area contributed by atoms with Gasteiger partial charge in [0.25, 0.3) is 0 Å². The van der Waals surface area contributed by atoms with Gasteiger partial charge in [0.1, 0.15) is 0 Å². The van der Waals surface area contributed by atoms with E-state index in [1.807, 2.05) is 12.1 Å². The SMILES string of the molecule is CCC(N)C(c1ccc(Cl)cc1)N(CC)C(C)CN(C)C. The van der Waals surface area contributed by atoms with Gasteiger partial charge in [-0.25, -0.2) is 0 Å². The molecule has 1 aromatic rings. The number of likely N-dealkylation sites (N-methyl/N-ethyl adjacent to an activating group) is 2. The molecule has 3 nitrogen and oxygen atoms in total. The van der Waals surface area contributed by atoms with E-state index in [1.165, 1.54) is 5.56 Å². The van der Waals surface area contributed by atoms with Gasteiger partial charge >= 0.3 is 0 Å². The first kappa shape index (κ1) is 18.4. The third kappa shape index (κ3) is 5.26. The maximum atomic E-state index is 6.44. The number of nitrogens with zero attached hydrogens (tertiary/aromatic N) is 2. The monoisotopic (exact) mass is 311 g/mol. The second kappa shape index (κ2) is 8.74.